The van der Waals surface area contributed by atoms with Gasteiger partial charge in [0, 0.05) is 19.4 Å². The highest BCUT2D eigenvalue weighted by Gasteiger charge is 2.20. The summed E-state index contributed by atoms with van der Waals surface area (Å²) in [7, 11) is 1.63. The first-order valence-electron chi connectivity index (χ1n) is 4.61. The van der Waals surface area contributed by atoms with Gasteiger partial charge in [0.2, 0.25) is 0 Å². The van der Waals surface area contributed by atoms with Gasteiger partial charge in [-0.1, -0.05) is 23.8 Å². The van der Waals surface area contributed by atoms with Crippen LogP contribution in [-0.2, 0) is 0 Å². The minimum atomic E-state index is -0.313. The Morgan fingerprint density at radius 2 is 2.31 bits per heavy atom. The highest BCUT2D eigenvalue weighted by Crippen LogP contribution is 2.16. The summed E-state index contributed by atoms with van der Waals surface area (Å²) >= 11 is 10.7. The second-order valence-electron chi connectivity index (χ2n) is 3.35. The lowest BCUT2D eigenvalue weighted by Crippen LogP contribution is -2.42. The zero-order chi connectivity index (χ0) is 12.3. The monoisotopic (exact) mass is 257 g/mol. The molecule has 1 heterocycles. The van der Waals surface area contributed by atoms with Crippen molar-refractivity contribution in [2.75, 3.05) is 7.05 Å². The van der Waals surface area contributed by atoms with Gasteiger partial charge in [-0.15, -0.1) is 0 Å². The van der Waals surface area contributed by atoms with Crippen LogP contribution >= 0.6 is 23.8 Å². The van der Waals surface area contributed by atoms with Crippen LogP contribution < -0.4 is 5.73 Å². The van der Waals surface area contributed by atoms with E-state index in [1.165, 1.54) is 17.3 Å². The van der Waals surface area contributed by atoms with Crippen molar-refractivity contribution in [1.29, 1.82) is 0 Å². The number of nitrogens with two attached hydrogens (primary N) is 1. The minimum absolute atomic E-state index is 0.229. The fourth-order valence-electron chi connectivity index (χ4n) is 1.11. The Bertz CT molecular complexity index is 424. The van der Waals surface area contributed by atoms with E-state index in [1.807, 2.05) is 0 Å². The molecule has 1 aromatic rings. The average molecular weight is 258 g/mol. The zero-order valence-corrected chi connectivity index (χ0v) is 10.5. The van der Waals surface area contributed by atoms with Gasteiger partial charge in [0.15, 0.2) is 0 Å². The highest BCUT2D eigenvalue weighted by molar-refractivity contribution is 7.80. The van der Waals surface area contributed by atoms with Crippen molar-refractivity contribution in [1.82, 2.24) is 9.88 Å². The van der Waals surface area contributed by atoms with E-state index in [4.69, 9.17) is 29.6 Å². The SMILES string of the molecule is CC(C(N)=S)N(C)C(=O)c1ccncc1Cl. The second kappa shape index (κ2) is 5.23. The number of halogens is 1. The molecule has 0 radical (unpaired) electrons. The number of pyridine rings is 1. The van der Waals surface area contributed by atoms with Gasteiger partial charge < -0.3 is 10.6 Å². The summed E-state index contributed by atoms with van der Waals surface area (Å²) in [6.07, 6.45) is 2.94. The van der Waals surface area contributed by atoms with Gasteiger partial charge in [-0.2, -0.15) is 0 Å². The third kappa shape index (κ3) is 2.68. The Morgan fingerprint density at radius 1 is 1.69 bits per heavy atom. The van der Waals surface area contributed by atoms with Gasteiger partial charge in [0.1, 0.15) is 0 Å². The molecule has 2 N–H and O–H groups in total. The molecular formula is C10H12ClN3OS. The van der Waals surface area contributed by atoms with Crippen molar-refractivity contribution in [2.45, 2.75) is 13.0 Å². The van der Waals surface area contributed by atoms with E-state index in [0.29, 0.717) is 10.6 Å². The van der Waals surface area contributed by atoms with Crippen LogP contribution in [-0.4, -0.2) is 33.9 Å². The molecule has 1 unspecified atom stereocenters. The lowest BCUT2D eigenvalue weighted by molar-refractivity contribution is 0.0779. The van der Waals surface area contributed by atoms with Crippen LogP contribution in [0.3, 0.4) is 0 Å². The van der Waals surface area contributed by atoms with E-state index in [9.17, 15) is 4.79 Å². The number of amides is 1. The summed E-state index contributed by atoms with van der Waals surface area (Å²) in [4.78, 5) is 17.5. The number of rotatable bonds is 3. The molecule has 4 nitrogen and oxygen atoms in total. The maximum atomic E-state index is 12.0. The molecule has 1 atom stereocenters. The Labute approximate surface area is 104 Å². The fourth-order valence-corrected chi connectivity index (χ4v) is 1.46. The van der Waals surface area contributed by atoms with Gasteiger partial charge in [0.05, 0.1) is 21.6 Å². The molecule has 0 aliphatic carbocycles. The van der Waals surface area contributed by atoms with E-state index >= 15 is 0 Å². The van der Waals surface area contributed by atoms with Crippen LogP contribution in [0, 0.1) is 0 Å². The lowest BCUT2D eigenvalue weighted by Gasteiger charge is -2.24. The molecule has 1 rings (SSSR count). The van der Waals surface area contributed by atoms with Gasteiger partial charge in [-0.3, -0.25) is 9.78 Å². The number of thiocarbonyl (C=S) groups is 1. The first-order valence-corrected chi connectivity index (χ1v) is 5.39. The number of aromatic nitrogens is 1. The Hall–Kier alpha value is -1.20. The fraction of sp³-hybridized carbons (Fsp3) is 0.300. The second-order valence-corrected chi connectivity index (χ2v) is 4.23. The van der Waals surface area contributed by atoms with Crippen LogP contribution in [0.25, 0.3) is 0 Å². The van der Waals surface area contributed by atoms with Gasteiger partial charge >= 0.3 is 0 Å². The van der Waals surface area contributed by atoms with Crippen molar-refractivity contribution in [3.05, 3.63) is 29.0 Å². The van der Waals surface area contributed by atoms with Crippen molar-refractivity contribution in [2.24, 2.45) is 5.73 Å². The first kappa shape index (κ1) is 12.9. The van der Waals surface area contributed by atoms with Crippen LogP contribution in [0.5, 0.6) is 0 Å². The van der Waals surface area contributed by atoms with E-state index < -0.39 is 0 Å². The molecule has 16 heavy (non-hydrogen) atoms. The molecule has 0 aromatic carbocycles. The Balaban J connectivity index is 2.95. The molecule has 1 aromatic heterocycles. The van der Waals surface area contributed by atoms with Crippen molar-refractivity contribution < 1.29 is 4.79 Å². The molecule has 0 saturated heterocycles. The van der Waals surface area contributed by atoms with Crippen LogP contribution in [0.1, 0.15) is 17.3 Å². The van der Waals surface area contributed by atoms with Gasteiger partial charge in [0.25, 0.3) is 5.91 Å². The quantitative estimate of drug-likeness (QED) is 0.834. The maximum absolute atomic E-state index is 12.0. The number of nitrogens with zero attached hydrogens (tertiary/aromatic N) is 2. The van der Waals surface area contributed by atoms with Crippen molar-refractivity contribution in [3.63, 3.8) is 0 Å². The predicted octanol–water partition coefficient (Wildman–Crippen LogP) is 1.48. The Kier molecular flexibility index (Phi) is 4.20. The smallest absolute Gasteiger partial charge is 0.255 e. The molecule has 6 heteroatoms. The number of carbonyl (C=O) groups excluding carboxylic acids is 1. The summed E-state index contributed by atoms with van der Waals surface area (Å²) < 4.78 is 0. The minimum Gasteiger partial charge on any atom is -0.392 e. The first-order chi connectivity index (χ1) is 7.45. The highest BCUT2D eigenvalue weighted by atomic mass is 35.5. The molecule has 0 saturated carbocycles. The molecule has 0 aliphatic heterocycles. The van der Waals surface area contributed by atoms with Crippen LogP contribution in [0.4, 0.5) is 0 Å². The number of hydrogen-bond acceptors (Lipinski definition) is 3. The summed E-state index contributed by atoms with van der Waals surface area (Å²) in [6.45, 7) is 1.76. The summed E-state index contributed by atoms with van der Waals surface area (Å²) in [6, 6.07) is 1.25. The molecule has 0 aliphatic rings. The third-order valence-corrected chi connectivity index (χ3v) is 2.96. The lowest BCUT2D eigenvalue weighted by atomic mass is 10.2. The molecule has 0 spiro atoms. The van der Waals surface area contributed by atoms with E-state index in [1.54, 1.807) is 20.0 Å². The molecule has 0 bridgehead atoms. The van der Waals surface area contributed by atoms with E-state index in [2.05, 4.69) is 4.98 Å². The third-order valence-electron chi connectivity index (χ3n) is 2.32. The largest absolute Gasteiger partial charge is 0.392 e. The zero-order valence-electron chi connectivity index (χ0n) is 8.98. The van der Waals surface area contributed by atoms with Crippen molar-refractivity contribution >= 4 is 34.7 Å². The average Bonchev–Trinajstić information content (AvgIpc) is 2.26. The topological polar surface area (TPSA) is 59.2 Å². The predicted molar refractivity (Wildman–Crippen MR) is 67.6 cm³/mol. The van der Waals surface area contributed by atoms with Crippen LogP contribution in [0.15, 0.2) is 18.5 Å². The van der Waals surface area contributed by atoms with Crippen LogP contribution in [0.2, 0.25) is 5.02 Å². The molecule has 0 fully saturated rings. The summed E-state index contributed by atoms with van der Waals surface area (Å²) in [5.74, 6) is -0.229. The summed E-state index contributed by atoms with van der Waals surface area (Å²) in [5, 5.41) is 0.314. The molecular weight excluding hydrogens is 246 g/mol. The summed E-state index contributed by atoms with van der Waals surface area (Å²) in [5.41, 5.74) is 5.87. The van der Waals surface area contributed by atoms with Crippen molar-refractivity contribution in [3.8, 4) is 0 Å². The molecule has 1 amide bonds. The normalized spacial score (nSPS) is 11.9. The van der Waals surface area contributed by atoms with Gasteiger partial charge in [-0.25, -0.2) is 0 Å². The van der Waals surface area contributed by atoms with E-state index in [-0.39, 0.29) is 16.9 Å². The number of hydrogen-bond donors (Lipinski definition) is 1. The number of carbonyl (C=O) groups is 1. The maximum Gasteiger partial charge on any atom is 0.255 e. The standard InChI is InChI=1S/C10H12ClN3OS/c1-6(9(12)16)14(2)10(15)7-3-4-13-5-8(7)11/h3-6H,1-2H3,(H2,12,16). The van der Waals surface area contributed by atoms with Gasteiger partial charge in [-0.05, 0) is 13.0 Å². The molecule has 86 valence electrons. The van der Waals surface area contributed by atoms with E-state index in [0.717, 1.165) is 0 Å². The number of likely N-dealkylation sites (N-methyl/N-ethyl adjacent to an activating group) is 1. The Morgan fingerprint density at radius 3 is 2.81 bits per heavy atom.